The minimum Gasteiger partial charge on any atom is -0.374 e. The number of aromatic nitrogens is 3. The summed E-state index contributed by atoms with van der Waals surface area (Å²) in [5.41, 5.74) is 5.62. The minimum atomic E-state index is -0.477. The smallest absolute Gasteiger partial charge is 0.249 e. The van der Waals surface area contributed by atoms with Crippen molar-refractivity contribution in [3.05, 3.63) is 78.2 Å². The van der Waals surface area contributed by atoms with Gasteiger partial charge in [-0.05, 0) is 106 Å². The van der Waals surface area contributed by atoms with E-state index < -0.39 is 11.5 Å². The number of halogens is 1. The van der Waals surface area contributed by atoms with Crippen LogP contribution in [0.5, 0.6) is 0 Å². The van der Waals surface area contributed by atoms with Crippen LogP contribution in [0.25, 0.3) is 11.3 Å². The van der Waals surface area contributed by atoms with Gasteiger partial charge in [-0.25, -0.2) is 9.97 Å². The van der Waals surface area contributed by atoms with Crippen LogP contribution in [0.3, 0.4) is 0 Å². The quantitative estimate of drug-likeness (QED) is 0.145. The van der Waals surface area contributed by atoms with Crippen LogP contribution in [0.2, 0.25) is 5.02 Å². The average molecular weight is 845 g/mol. The Morgan fingerprint density at radius 2 is 1.54 bits per heavy atom. The van der Waals surface area contributed by atoms with E-state index in [9.17, 15) is 19.2 Å². The molecule has 7 heterocycles. The second-order valence-electron chi connectivity index (χ2n) is 17.2. The summed E-state index contributed by atoms with van der Waals surface area (Å²) in [6, 6.07) is 17.9. The van der Waals surface area contributed by atoms with Crippen molar-refractivity contribution < 1.29 is 19.2 Å². The van der Waals surface area contributed by atoms with Crippen molar-refractivity contribution in [3.8, 4) is 11.3 Å². The van der Waals surface area contributed by atoms with Crippen LogP contribution in [0, 0.1) is 11.3 Å². The molecule has 4 aromatic rings. The SMILES string of the molecule is O=C1CCC(Nc2ccc(N3CCC(CC(=O)N4CCC5(CC4)CCN(c4cncc(Nc6ncc(Cl)c(-c7cccc(N8CCCCC8)c7)n6)c4)C5=O)CC3)cc2)C(=O)N1. The van der Waals surface area contributed by atoms with Crippen molar-refractivity contribution in [2.24, 2.45) is 11.3 Å². The van der Waals surface area contributed by atoms with E-state index in [1.807, 2.05) is 40.1 Å². The van der Waals surface area contributed by atoms with Crippen LogP contribution in [-0.2, 0) is 19.2 Å². The van der Waals surface area contributed by atoms with Crippen molar-refractivity contribution in [1.29, 1.82) is 0 Å². The molecule has 2 aromatic carbocycles. The zero-order valence-electron chi connectivity index (χ0n) is 34.5. The van der Waals surface area contributed by atoms with Crippen molar-refractivity contribution in [3.63, 3.8) is 0 Å². The Morgan fingerprint density at radius 1 is 0.787 bits per heavy atom. The van der Waals surface area contributed by atoms with Gasteiger partial charge in [0.25, 0.3) is 0 Å². The summed E-state index contributed by atoms with van der Waals surface area (Å²) in [6.07, 6.45) is 14.0. The number of anilines is 6. The number of carbonyl (C=O) groups is 4. The second kappa shape index (κ2) is 17.7. The molecule has 15 heteroatoms. The highest BCUT2D eigenvalue weighted by Gasteiger charge is 2.49. The van der Waals surface area contributed by atoms with Crippen molar-refractivity contribution in [2.75, 3.05) is 71.1 Å². The van der Waals surface area contributed by atoms with Crippen LogP contribution >= 0.6 is 11.6 Å². The molecule has 4 amide bonds. The first kappa shape index (κ1) is 40.6. The number of carbonyl (C=O) groups excluding carboxylic acids is 4. The maximum absolute atomic E-state index is 14.1. The number of hydrogen-bond acceptors (Lipinski definition) is 11. The maximum Gasteiger partial charge on any atom is 0.249 e. The second-order valence-corrected chi connectivity index (χ2v) is 17.6. The minimum absolute atomic E-state index is 0.101. The van der Waals surface area contributed by atoms with E-state index in [2.05, 4.69) is 60.0 Å². The zero-order valence-corrected chi connectivity index (χ0v) is 35.2. The Labute approximate surface area is 361 Å². The van der Waals surface area contributed by atoms with Crippen molar-refractivity contribution in [1.82, 2.24) is 25.2 Å². The van der Waals surface area contributed by atoms with E-state index >= 15 is 0 Å². The lowest BCUT2D eigenvalue weighted by molar-refractivity contribution is -0.138. The molecule has 1 spiro atoms. The summed E-state index contributed by atoms with van der Waals surface area (Å²) in [7, 11) is 0. The predicted octanol–water partition coefficient (Wildman–Crippen LogP) is 6.80. The summed E-state index contributed by atoms with van der Waals surface area (Å²) >= 11 is 6.63. The van der Waals surface area contributed by atoms with E-state index in [0.29, 0.717) is 80.0 Å². The molecule has 5 saturated heterocycles. The lowest BCUT2D eigenvalue weighted by Gasteiger charge is -2.39. The number of hydrogen-bond donors (Lipinski definition) is 3. The highest BCUT2D eigenvalue weighted by Crippen LogP contribution is 2.44. The molecule has 1 unspecified atom stereocenters. The summed E-state index contributed by atoms with van der Waals surface area (Å²) in [5.74, 6) is 0.494. The third kappa shape index (κ3) is 9.00. The highest BCUT2D eigenvalue weighted by atomic mass is 35.5. The molecule has 14 nitrogen and oxygen atoms in total. The molecule has 9 rings (SSSR count). The molecule has 1 atom stereocenters. The van der Waals surface area contributed by atoms with Gasteiger partial charge in [0.2, 0.25) is 29.6 Å². The zero-order chi connectivity index (χ0) is 41.9. The fourth-order valence-corrected chi connectivity index (χ4v) is 9.89. The van der Waals surface area contributed by atoms with E-state index in [0.717, 1.165) is 68.1 Å². The van der Waals surface area contributed by atoms with Crippen LogP contribution in [0.1, 0.15) is 70.6 Å². The Bertz CT molecular complexity index is 2270. The number of nitrogens with one attached hydrogen (secondary N) is 3. The first-order chi connectivity index (χ1) is 29.7. The largest absolute Gasteiger partial charge is 0.374 e. The predicted molar refractivity (Wildman–Crippen MR) is 237 cm³/mol. The molecule has 318 valence electrons. The van der Waals surface area contributed by atoms with Gasteiger partial charge in [0.15, 0.2) is 0 Å². The lowest BCUT2D eigenvalue weighted by atomic mass is 9.77. The fourth-order valence-electron chi connectivity index (χ4n) is 9.69. The number of imide groups is 1. The summed E-state index contributed by atoms with van der Waals surface area (Å²) in [6.45, 7) is 5.63. The van der Waals surface area contributed by atoms with Crippen molar-refractivity contribution in [2.45, 2.75) is 76.7 Å². The van der Waals surface area contributed by atoms with Crippen molar-refractivity contribution >= 4 is 69.6 Å². The standard InChI is InChI=1S/C46H53ClN10O4/c47-38-30-49-45(53-42(38)32-5-4-6-36(26-32)54-18-2-1-3-19-54)51-34-27-37(29-48-28-34)57-24-17-46(44(57)61)15-22-56(23-16-46)41(59)25-31-13-20-55(21-14-31)35-9-7-33(8-10-35)50-39-11-12-40(58)52-43(39)60/h4-10,26-31,39,50H,1-3,11-25H2,(H,49,51,53)(H,52,58,60). The van der Waals surface area contributed by atoms with E-state index in [-0.39, 0.29) is 23.6 Å². The summed E-state index contributed by atoms with van der Waals surface area (Å²) in [4.78, 5) is 73.5. The van der Waals surface area contributed by atoms with Gasteiger partial charge in [0.05, 0.1) is 46.1 Å². The van der Waals surface area contributed by atoms with Gasteiger partial charge < -0.3 is 30.2 Å². The third-order valence-corrected chi connectivity index (χ3v) is 13.6. The number of nitrogens with zero attached hydrogens (tertiary/aromatic N) is 7. The number of amides is 4. The van der Waals surface area contributed by atoms with E-state index in [1.165, 1.54) is 24.9 Å². The Hall–Kier alpha value is -5.76. The van der Waals surface area contributed by atoms with Gasteiger partial charge in [-0.3, -0.25) is 29.5 Å². The molecule has 5 fully saturated rings. The monoisotopic (exact) mass is 844 g/mol. The van der Waals surface area contributed by atoms with Gasteiger partial charge in [0.1, 0.15) is 6.04 Å². The highest BCUT2D eigenvalue weighted by molar-refractivity contribution is 6.33. The van der Waals surface area contributed by atoms with Gasteiger partial charge in [-0.2, -0.15) is 0 Å². The topological polar surface area (TPSA) is 156 Å². The Balaban J connectivity index is 0.752. The summed E-state index contributed by atoms with van der Waals surface area (Å²) < 4.78 is 0. The molecule has 0 saturated carbocycles. The molecule has 0 bridgehead atoms. The Morgan fingerprint density at radius 3 is 2.31 bits per heavy atom. The first-order valence-corrected chi connectivity index (χ1v) is 22.2. The molecule has 0 radical (unpaired) electrons. The molecule has 2 aromatic heterocycles. The number of pyridine rings is 1. The number of benzene rings is 2. The first-order valence-electron chi connectivity index (χ1n) is 21.8. The van der Waals surface area contributed by atoms with E-state index in [4.69, 9.17) is 16.6 Å². The van der Waals surface area contributed by atoms with Crippen LogP contribution < -0.4 is 30.7 Å². The van der Waals surface area contributed by atoms with E-state index in [1.54, 1.807) is 18.6 Å². The Kier molecular flexibility index (Phi) is 11.8. The normalized spacial score (nSPS) is 20.9. The summed E-state index contributed by atoms with van der Waals surface area (Å²) in [5, 5.41) is 9.38. The third-order valence-electron chi connectivity index (χ3n) is 13.4. The van der Waals surface area contributed by atoms with Gasteiger partial charge in [-0.15, -0.1) is 0 Å². The average Bonchev–Trinajstić information content (AvgIpc) is 3.60. The molecule has 5 aliphatic rings. The number of likely N-dealkylation sites (tertiary alicyclic amines) is 1. The molecule has 5 aliphatic heterocycles. The van der Waals surface area contributed by atoms with Crippen LogP contribution in [0.15, 0.2) is 73.2 Å². The molecule has 3 N–H and O–H groups in total. The van der Waals surface area contributed by atoms with Gasteiger partial charge in [0, 0.05) is 81.3 Å². The maximum atomic E-state index is 14.1. The van der Waals surface area contributed by atoms with Crippen LogP contribution in [-0.4, -0.2) is 95.3 Å². The molecule has 61 heavy (non-hydrogen) atoms. The molecular weight excluding hydrogens is 792 g/mol. The van der Waals surface area contributed by atoms with Gasteiger partial charge >= 0.3 is 0 Å². The number of piperidine rings is 4. The molecule has 0 aliphatic carbocycles. The number of rotatable bonds is 10. The fraction of sp³-hybridized carbons (Fsp3) is 0.457. The molecular formula is C46H53ClN10O4. The lowest BCUT2D eigenvalue weighted by Crippen LogP contribution is -2.47. The van der Waals surface area contributed by atoms with Gasteiger partial charge in [-0.1, -0.05) is 23.7 Å². The van der Waals surface area contributed by atoms with Crippen LogP contribution in [0.4, 0.5) is 34.4 Å².